The van der Waals surface area contributed by atoms with Gasteiger partial charge in [-0.3, -0.25) is 4.79 Å². The number of terminal acetylenes is 1. The maximum Gasteiger partial charge on any atom is 0.406 e. The summed E-state index contributed by atoms with van der Waals surface area (Å²) in [6.07, 6.45) is 3.54. The van der Waals surface area contributed by atoms with Gasteiger partial charge in [0.05, 0.1) is 6.20 Å². The second-order valence-electron chi connectivity index (χ2n) is 5.33. The molecule has 2 heterocycles. The number of amides is 1. The lowest BCUT2D eigenvalue weighted by Gasteiger charge is -2.14. The molecule has 23 heavy (non-hydrogen) atoms. The van der Waals surface area contributed by atoms with Gasteiger partial charge in [0.25, 0.3) is 0 Å². The lowest BCUT2D eigenvalue weighted by molar-refractivity contribution is -0.140. The first kappa shape index (κ1) is 17.0. The smallest absolute Gasteiger partial charge is 0.311 e. The molecule has 1 aromatic heterocycles. The standard InChI is InChI=1S/C14H16F3N5O/c1-3-4-6-13(20-21-13)7-5-12(23)19-11-8-18-10(2)22(11)9-14(15,16)17/h1,8H,4-7,9H2,2H3,(H,19,23). The number of hydrogen-bond donors (Lipinski definition) is 1. The molecule has 0 radical (unpaired) electrons. The lowest BCUT2D eigenvalue weighted by Crippen LogP contribution is -2.23. The quantitative estimate of drug-likeness (QED) is 0.782. The summed E-state index contributed by atoms with van der Waals surface area (Å²) >= 11 is 0. The largest absolute Gasteiger partial charge is 0.406 e. The van der Waals surface area contributed by atoms with Crippen molar-refractivity contribution in [2.24, 2.45) is 10.2 Å². The Hall–Kier alpha value is -2.37. The molecule has 1 aliphatic rings. The molecule has 2 rings (SSSR count). The van der Waals surface area contributed by atoms with E-state index in [0.29, 0.717) is 19.3 Å². The van der Waals surface area contributed by atoms with Crippen molar-refractivity contribution in [1.82, 2.24) is 9.55 Å². The minimum atomic E-state index is -4.39. The number of halogens is 3. The molecule has 0 bridgehead atoms. The number of aryl methyl sites for hydroxylation is 1. The van der Waals surface area contributed by atoms with E-state index in [2.05, 4.69) is 26.4 Å². The first-order valence-corrected chi connectivity index (χ1v) is 7.01. The van der Waals surface area contributed by atoms with Crippen LogP contribution in [-0.4, -0.2) is 27.3 Å². The highest BCUT2D eigenvalue weighted by molar-refractivity contribution is 5.89. The van der Waals surface area contributed by atoms with E-state index in [1.165, 1.54) is 13.1 Å². The molecule has 0 aromatic carbocycles. The zero-order chi connectivity index (χ0) is 17.1. The molecule has 1 N–H and O–H groups in total. The van der Waals surface area contributed by atoms with E-state index < -0.39 is 24.3 Å². The fourth-order valence-corrected chi connectivity index (χ4v) is 2.13. The molecule has 1 amide bonds. The van der Waals surface area contributed by atoms with Crippen LogP contribution in [0.1, 0.15) is 31.5 Å². The highest BCUT2D eigenvalue weighted by Gasteiger charge is 2.39. The van der Waals surface area contributed by atoms with Crippen molar-refractivity contribution >= 4 is 11.7 Å². The third kappa shape index (κ3) is 4.81. The van der Waals surface area contributed by atoms with Crippen LogP contribution in [0.2, 0.25) is 0 Å². The zero-order valence-corrected chi connectivity index (χ0v) is 12.5. The SMILES string of the molecule is C#CCCC1(CCC(=O)Nc2cnc(C)n2CC(F)(F)F)N=N1. The Bertz CT molecular complexity index is 650. The molecule has 1 aromatic rings. The Kier molecular flexibility index (Phi) is 4.73. The van der Waals surface area contributed by atoms with Crippen molar-refractivity contribution < 1.29 is 18.0 Å². The highest BCUT2D eigenvalue weighted by atomic mass is 19.4. The molecule has 0 saturated carbocycles. The Morgan fingerprint density at radius 3 is 2.70 bits per heavy atom. The molecule has 0 fully saturated rings. The van der Waals surface area contributed by atoms with Crippen molar-refractivity contribution in [3.8, 4) is 12.3 Å². The van der Waals surface area contributed by atoms with E-state index in [1.54, 1.807) is 0 Å². The predicted molar refractivity (Wildman–Crippen MR) is 76.5 cm³/mol. The Balaban J connectivity index is 1.90. The van der Waals surface area contributed by atoms with Gasteiger partial charge in [-0.25, -0.2) is 4.98 Å². The summed E-state index contributed by atoms with van der Waals surface area (Å²) in [6.45, 7) is 0.239. The number of nitrogens with zero attached hydrogens (tertiary/aromatic N) is 4. The molecule has 1 aliphatic heterocycles. The van der Waals surface area contributed by atoms with Gasteiger partial charge in [-0.2, -0.15) is 23.4 Å². The second kappa shape index (κ2) is 6.40. The average Bonchev–Trinajstić information content (AvgIpc) is 3.17. The number of hydrogen-bond acceptors (Lipinski definition) is 4. The summed E-state index contributed by atoms with van der Waals surface area (Å²) in [5.74, 6) is 2.27. The van der Waals surface area contributed by atoms with Gasteiger partial charge in [0.15, 0.2) is 5.66 Å². The van der Waals surface area contributed by atoms with Crippen LogP contribution in [0.4, 0.5) is 19.0 Å². The third-order valence-corrected chi connectivity index (χ3v) is 3.46. The third-order valence-electron chi connectivity index (χ3n) is 3.46. The van der Waals surface area contributed by atoms with Crippen molar-refractivity contribution in [2.75, 3.05) is 5.32 Å². The maximum absolute atomic E-state index is 12.5. The zero-order valence-electron chi connectivity index (χ0n) is 12.5. The number of aromatic nitrogens is 2. The normalized spacial score (nSPS) is 15.3. The number of rotatable bonds is 7. The van der Waals surface area contributed by atoms with Gasteiger partial charge in [-0.05, 0) is 6.92 Å². The molecule has 0 spiro atoms. The van der Waals surface area contributed by atoms with Crippen molar-refractivity contribution in [2.45, 2.75) is 51.0 Å². The van der Waals surface area contributed by atoms with Crippen LogP contribution in [0.5, 0.6) is 0 Å². The first-order chi connectivity index (χ1) is 10.7. The first-order valence-electron chi connectivity index (χ1n) is 7.01. The number of alkyl halides is 3. The van der Waals surface area contributed by atoms with Crippen molar-refractivity contribution in [3.63, 3.8) is 0 Å². The monoisotopic (exact) mass is 327 g/mol. The number of imidazole rings is 1. The summed E-state index contributed by atoms with van der Waals surface area (Å²) in [7, 11) is 0. The summed E-state index contributed by atoms with van der Waals surface area (Å²) in [5, 5.41) is 10.3. The van der Waals surface area contributed by atoms with Crippen LogP contribution in [0.3, 0.4) is 0 Å². The molecule has 0 atom stereocenters. The molecular weight excluding hydrogens is 311 g/mol. The van der Waals surface area contributed by atoms with E-state index in [1.807, 2.05) is 0 Å². The van der Waals surface area contributed by atoms with E-state index >= 15 is 0 Å². The van der Waals surface area contributed by atoms with Crippen LogP contribution in [0.25, 0.3) is 0 Å². The van der Waals surface area contributed by atoms with E-state index in [4.69, 9.17) is 6.42 Å². The molecule has 0 saturated heterocycles. The summed E-state index contributed by atoms with van der Waals surface area (Å²) in [5.41, 5.74) is -0.591. The van der Waals surface area contributed by atoms with E-state index in [-0.39, 0.29) is 18.1 Å². The van der Waals surface area contributed by atoms with Gasteiger partial charge in [0, 0.05) is 25.7 Å². The summed E-state index contributed by atoms with van der Waals surface area (Å²) in [4.78, 5) is 15.7. The van der Waals surface area contributed by atoms with Gasteiger partial charge < -0.3 is 9.88 Å². The molecule has 0 aliphatic carbocycles. The van der Waals surface area contributed by atoms with E-state index in [0.717, 1.165) is 4.57 Å². The topological polar surface area (TPSA) is 71.6 Å². The van der Waals surface area contributed by atoms with Crippen LogP contribution < -0.4 is 5.32 Å². The van der Waals surface area contributed by atoms with Gasteiger partial charge >= 0.3 is 6.18 Å². The second-order valence-corrected chi connectivity index (χ2v) is 5.33. The fourth-order valence-electron chi connectivity index (χ4n) is 2.13. The number of nitrogens with one attached hydrogen (secondary N) is 1. The molecule has 6 nitrogen and oxygen atoms in total. The number of carbonyl (C=O) groups is 1. The van der Waals surface area contributed by atoms with Gasteiger partial charge in [0.1, 0.15) is 18.2 Å². The van der Waals surface area contributed by atoms with Gasteiger partial charge in [0.2, 0.25) is 5.91 Å². The summed E-state index contributed by atoms with van der Waals surface area (Å²) in [6, 6.07) is 0. The molecular formula is C14H16F3N5O. The van der Waals surface area contributed by atoms with Crippen molar-refractivity contribution in [3.05, 3.63) is 12.0 Å². The summed E-state index contributed by atoms with van der Waals surface area (Å²) < 4.78 is 38.5. The number of carbonyl (C=O) groups excluding carboxylic acids is 1. The van der Waals surface area contributed by atoms with Gasteiger partial charge in [-0.1, -0.05) is 0 Å². The van der Waals surface area contributed by atoms with E-state index in [9.17, 15) is 18.0 Å². The molecule has 0 unspecified atom stereocenters. The minimum absolute atomic E-state index is 0.0205. The van der Waals surface area contributed by atoms with Crippen LogP contribution in [0, 0.1) is 19.3 Å². The lowest BCUT2D eigenvalue weighted by atomic mass is 10.0. The number of anilines is 1. The Morgan fingerprint density at radius 2 is 2.13 bits per heavy atom. The average molecular weight is 327 g/mol. The van der Waals surface area contributed by atoms with Gasteiger partial charge in [-0.15, -0.1) is 12.3 Å². The maximum atomic E-state index is 12.5. The molecule has 9 heteroatoms. The predicted octanol–water partition coefficient (Wildman–Crippen LogP) is 3.05. The minimum Gasteiger partial charge on any atom is -0.311 e. The fraction of sp³-hybridized carbons (Fsp3) is 0.571. The Morgan fingerprint density at radius 1 is 1.43 bits per heavy atom. The molecule has 124 valence electrons. The Labute approximate surface area is 131 Å². The van der Waals surface area contributed by atoms with Crippen LogP contribution >= 0.6 is 0 Å². The van der Waals surface area contributed by atoms with Crippen LogP contribution in [0.15, 0.2) is 16.4 Å². The highest BCUT2D eigenvalue weighted by Crippen LogP contribution is 2.37. The van der Waals surface area contributed by atoms with Crippen molar-refractivity contribution in [1.29, 1.82) is 0 Å². The van der Waals surface area contributed by atoms with Crippen LogP contribution in [-0.2, 0) is 11.3 Å².